The number of anilines is 1. The maximum absolute atomic E-state index is 11.5. The van der Waals surface area contributed by atoms with Crippen molar-refractivity contribution in [1.29, 1.82) is 0 Å². The summed E-state index contributed by atoms with van der Waals surface area (Å²) in [5, 5.41) is 4.59. The van der Waals surface area contributed by atoms with Crippen LogP contribution in [0.25, 0.3) is 6.08 Å². The van der Waals surface area contributed by atoms with Crippen LogP contribution < -0.4 is 21.3 Å². The summed E-state index contributed by atoms with van der Waals surface area (Å²) in [6.07, 6.45) is 5.38. The Hall–Kier alpha value is -2.48. The molecule has 1 aromatic rings. The van der Waals surface area contributed by atoms with Crippen LogP contribution in [0.3, 0.4) is 0 Å². The highest BCUT2D eigenvalue weighted by Crippen LogP contribution is 2.20. The Morgan fingerprint density at radius 2 is 2.27 bits per heavy atom. The summed E-state index contributed by atoms with van der Waals surface area (Å²) in [5.41, 5.74) is 6.51. The Morgan fingerprint density at radius 3 is 3.00 bits per heavy atom. The first-order valence-corrected chi connectivity index (χ1v) is 7.28. The molecule has 1 atom stereocenters. The average molecular weight is 302 g/mol. The molecule has 8 heteroatoms. The van der Waals surface area contributed by atoms with Crippen molar-refractivity contribution < 1.29 is 9.59 Å². The number of piperidine rings is 1. The summed E-state index contributed by atoms with van der Waals surface area (Å²) in [4.78, 5) is 33.5. The zero-order chi connectivity index (χ0) is 15.5. The number of hydrogen-bond donors (Lipinski definition) is 3. The van der Waals surface area contributed by atoms with Gasteiger partial charge in [0.2, 0.25) is 5.95 Å². The van der Waals surface area contributed by atoms with Gasteiger partial charge in [-0.1, -0.05) is 0 Å². The molecule has 0 aliphatic carbocycles. The second-order valence-electron chi connectivity index (χ2n) is 5.44. The second kappa shape index (κ2) is 6.10. The molecule has 22 heavy (non-hydrogen) atoms. The van der Waals surface area contributed by atoms with Gasteiger partial charge in [-0.3, -0.25) is 10.1 Å². The minimum atomic E-state index is -0.521. The third-order valence-corrected chi connectivity index (χ3v) is 3.81. The van der Waals surface area contributed by atoms with E-state index in [4.69, 9.17) is 5.73 Å². The smallest absolute Gasteiger partial charge is 0.326 e. The van der Waals surface area contributed by atoms with Crippen molar-refractivity contribution in [1.82, 2.24) is 20.6 Å². The Balaban J connectivity index is 1.79. The lowest BCUT2D eigenvalue weighted by molar-refractivity contribution is -0.115. The van der Waals surface area contributed by atoms with E-state index in [1.165, 1.54) is 6.08 Å². The van der Waals surface area contributed by atoms with Crippen molar-refractivity contribution >= 4 is 24.0 Å². The van der Waals surface area contributed by atoms with Crippen LogP contribution in [0.1, 0.15) is 18.5 Å². The number of carbonyl (C=O) groups is 2. The standard InChI is InChI=1S/C14H18N6O2/c15-7-9-2-1-5-20(8-9)13-16-4-3-10(17-13)6-11-12(21)19-14(22)18-11/h3-4,6,9H,1-2,5,7-8,15H2,(H2,18,19,21,22)/b11-6+. The van der Waals surface area contributed by atoms with Crippen molar-refractivity contribution in [2.24, 2.45) is 11.7 Å². The normalized spacial score (nSPS) is 23.6. The molecule has 2 saturated heterocycles. The molecule has 3 amide bonds. The number of nitrogens with one attached hydrogen (secondary N) is 2. The minimum Gasteiger partial charge on any atom is -0.340 e. The summed E-state index contributed by atoms with van der Waals surface area (Å²) in [6.45, 7) is 2.40. The average Bonchev–Trinajstić information content (AvgIpc) is 2.85. The summed E-state index contributed by atoms with van der Waals surface area (Å²) in [5.74, 6) is 0.628. The van der Waals surface area contributed by atoms with Crippen LogP contribution in [0, 0.1) is 5.92 Å². The molecule has 0 saturated carbocycles. The number of urea groups is 1. The van der Waals surface area contributed by atoms with Gasteiger partial charge in [0.25, 0.3) is 5.91 Å². The van der Waals surface area contributed by atoms with E-state index in [-0.39, 0.29) is 5.70 Å². The zero-order valence-electron chi connectivity index (χ0n) is 12.1. The molecular formula is C14H18N6O2. The molecule has 1 aromatic heterocycles. The molecule has 1 unspecified atom stereocenters. The molecule has 0 radical (unpaired) electrons. The van der Waals surface area contributed by atoms with Crippen molar-refractivity contribution in [3.05, 3.63) is 23.7 Å². The van der Waals surface area contributed by atoms with Gasteiger partial charge in [0.05, 0.1) is 5.69 Å². The third-order valence-electron chi connectivity index (χ3n) is 3.81. The van der Waals surface area contributed by atoms with Crippen LogP contribution in [-0.4, -0.2) is 41.5 Å². The number of rotatable bonds is 3. The van der Waals surface area contributed by atoms with Crippen molar-refractivity contribution in [3.8, 4) is 0 Å². The first-order chi connectivity index (χ1) is 10.7. The van der Waals surface area contributed by atoms with Gasteiger partial charge in [0, 0.05) is 19.3 Å². The van der Waals surface area contributed by atoms with E-state index in [1.807, 2.05) is 0 Å². The van der Waals surface area contributed by atoms with Gasteiger partial charge in [0.15, 0.2) is 0 Å². The molecule has 4 N–H and O–H groups in total. The van der Waals surface area contributed by atoms with Crippen LogP contribution >= 0.6 is 0 Å². The number of hydrogen-bond acceptors (Lipinski definition) is 6. The van der Waals surface area contributed by atoms with Gasteiger partial charge in [0.1, 0.15) is 5.70 Å². The van der Waals surface area contributed by atoms with Crippen molar-refractivity contribution in [2.75, 3.05) is 24.5 Å². The number of carbonyl (C=O) groups excluding carboxylic acids is 2. The fraction of sp³-hybridized carbons (Fsp3) is 0.429. The van der Waals surface area contributed by atoms with E-state index in [9.17, 15) is 9.59 Å². The minimum absolute atomic E-state index is 0.188. The summed E-state index contributed by atoms with van der Waals surface area (Å²) >= 11 is 0. The molecule has 2 aliphatic rings. The molecule has 2 aliphatic heterocycles. The highest BCUT2D eigenvalue weighted by Gasteiger charge is 2.24. The number of nitrogens with two attached hydrogens (primary N) is 1. The van der Waals surface area contributed by atoms with E-state index in [0.717, 1.165) is 25.9 Å². The van der Waals surface area contributed by atoms with Crippen LogP contribution in [0.4, 0.5) is 10.7 Å². The monoisotopic (exact) mass is 302 g/mol. The van der Waals surface area contributed by atoms with Gasteiger partial charge in [-0.15, -0.1) is 0 Å². The van der Waals surface area contributed by atoms with E-state index in [0.29, 0.717) is 24.1 Å². The van der Waals surface area contributed by atoms with Crippen molar-refractivity contribution in [3.63, 3.8) is 0 Å². The highest BCUT2D eigenvalue weighted by atomic mass is 16.2. The van der Waals surface area contributed by atoms with E-state index in [1.54, 1.807) is 12.3 Å². The lowest BCUT2D eigenvalue weighted by Gasteiger charge is -2.32. The van der Waals surface area contributed by atoms with E-state index in [2.05, 4.69) is 25.5 Å². The predicted molar refractivity (Wildman–Crippen MR) is 80.7 cm³/mol. The van der Waals surface area contributed by atoms with Crippen LogP contribution in [0.2, 0.25) is 0 Å². The second-order valence-corrected chi connectivity index (χ2v) is 5.44. The number of nitrogens with zero attached hydrogens (tertiary/aromatic N) is 3. The Kier molecular flexibility index (Phi) is 4.01. The predicted octanol–water partition coefficient (Wildman–Crippen LogP) is -0.168. The molecule has 8 nitrogen and oxygen atoms in total. The summed E-state index contributed by atoms with van der Waals surface area (Å²) in [7, 11) is 0. The van der Waals surface area contributed by atoms with Crippen molar-refractivity contribution in [2.45, 2.75) is 12.8 Å². The van der Waals surface area contributed by atoms with E-state index >= 15 is 0 Å². The Morgan fingerprint density at radius 1 is 1.41 bits per heavy atom. The van der Waals surface area contributed by atoms with Gasteiger partial charge >= 0.3 is 6.03 Å². The summed E-state index contributed by atoms with van der Waals surface area (Å²) in [6, 6.07) is 1.17. The van der Waals surface area contributed by atoms with Gasteiger partial charge in [-0.25, -0.2) is 14.8 Å². The Bertz CT molecular complexity index is 630. The molecular weight excluding hydrogens is 284 g/mol. The molecule has 2 fully saturated rings. The molecule has 116 valence electrons. The molecule has 3 rings (SSSR count). The van der Waals surface area contributed by atoms with Crippen LogP contribution in [-0.2, 0) is 4.79 Å². The fourth-order valence-corrected chi connectivity index (χ4v) is 2.66. The number of imide groups is 1. The lowest BCUT2D eigenvalue weighted by atomic mass is 9.99. The van der Waals surface area contributed by atoms with E-state index < -0.39 is 11.9 Å². The molecule has 3 heterocycles. The fourth-order valence-electron chi connectivity index (χ4n) is 2.66. The first kappa shape index (κ1) is 14.5. The van der Waals surface area contributed by atoms with Gasteiger partial charge in [-0.2, -0.15) is 0 Å². The van der Waals surface area contributed by atoms with Gasteiger partial charge in [-0.05, 0) is 37.4 Å². The molecule has 0 spiro atoms. The lowest BCUT2D eigenvalue weighted by Crippen LogP contribution is -2.39. The molecule has 0 bridgehead atoms. The SMILES string of the molecule is NCC1CCCN(c2nccc(/C=C3/NC(=O)NC3=O)n2)C1. The largest absolute Gasteiger partial charge is 0.340 e. The highest BCUT2D eigenvalue weighted by molar-refractivity contribution is 6.13. The zero-order valence-corrected chi connectivity index (χ0v) is 12.1. The quantitative estimate of drug-likeness (QED) is 0.528. The maximum atomic E-state index is 11.5. The van der Waals surface area contributed by atoms with Gasteiger partial charge < -0.3 is 16.0 Å². The summed E-state index contributed by atoms with van der Waals surface area (Å²) < 4.78 is 0. The Labute approximate surface area is 127 Å². The van der Waals surface area contributed by atoms with Crippen LogP contribution in [0.15, 0.2) is 18.0 Å². The maximum Gasteiger partial charge on any atom is 0.326 e. The first-order valence-electron chi connectivity index (χ1n) is 7.28. The van der Waals surface area contributed by atoms with Crippen LogP contribution in [0.5, 0.6) is 0 Å². The topological polar surface area (TPSA) is 113 Å². The molecule has 0 aromatic carbocycles. The number of aromatic nitrogens is 2. The third kappa shape index (κ3) is 3.06. The number of amides is 3.